The van der Waals surface area contributed by atoms with Crippen molar-refractivity contribution in [2.45, 2.75) is 6.42 Å². The van der Waals surface area contributed by atoms with Crippen LogP contribution < -0.4 is 25.4 Å². The van der Waals surface area contributed by atoms with Gasteiger partial charge in [-0.3, -0.25) is 4.90 Å². The molecule has 0 saturated heterocycles. The van der Waals surface area contributed by atoms with E-state index in [1.807, 2.05) is 36.4 Å². The summed E-state index contributed by atoms with van der Waals surface area (Å²) < 4.78 is 11.4. The Bertz CT molecular complexity index is 1160. The van der Waals surface area contributed by atoms with Crippen LogP contribution >= 0.6 is 12.4 Å². The van der Waals surface area contributed by atoms with Crippen LogP contribution in [0.15, 0.2) is 60.8 Å². The summed E-state index contributed by atoms with van der Waals surface area (Å²) in [7, 11) is 0. The first-order valence-corrected chi connectivity index (χ1v) is 10.5. The third-order valence-corrected chi connectivity index (χ3v) is 5.07. The predicted octanol–water partition coefficient (Wildman–Crippen LogP) is 3.56. The summed E-state index contributed by atoms with van der Waals surface area (Å²) in [6, 6.07) is 15.4. The molecule has 0 saturated carbocycles. The number of carboxylic acid groups (broad SMARTS) is 1. The molecule has 3 aromatic rings. The molecule has 2 heterocycles. The van der Waals surface area contributed by atoms with Crippen molar-refractivity contribution < 1.29 is 24.2 Å². The van der Waals surface area contributed by atoms with E-state index in [0.717, 1.165) is 5.56 Å². The van der Waals surface area contributed by atoms with Gasteiger partial charge in [0.2, 0.25) is 0 Å². The zero-order valence-corrected chi connectivity index (χ0v) is 19.1. The average Bonchev–Trinajstić information content (AvgIpc) is 2.83. The van der Waals surface area contributed by atoms with E-state index in [-0.39, 0.29) is 24.0 Å². The zero-order chi connectivity index (χ0) is 23.2. The zero-order valence-electron chi connectivity index (χ0n) is 18.3. The van der Waals surface area contributed by atoms with Gasteiger partial charge in [0.1, 0.15) is 19.0 Å². The van der Waals surface area contributed by atoms with Crippen molar-refractivity contribution >= 4 is 35.9 Å². The second kappa shape index (κ2) is 11.4. The molecule has 0 bridgehead atoms. The van der Waals surface area contributed by atoms with Crippen LogP contribution in [0.5, 0.6) is 11.5 Å². The molecule has 178 valence electrons. The van der Waals surface area contributed by atoms with Crippen molar-refractivity contribution in [2.24, 2.45) is 5.73 Å². The van der Waals surface area contributed by atoms with Gasteiger partial charge in [0.05, 0.1) is 12.1 Å². The molecule has 9 nitrogen and oxygen atoms in total. The Kier molecular flexibility index (Phi) is 8.29. The first-order chi connectivity index (χ1) is 16.0. The fourth-order valence-electron chi connectivity index (χ4n) is 3.53. The number of halogens is 1. The topological polar surface area (TPSA) is 127 Å². The van der Waals surface area contributed by atoms with Gasteiger partial charge in [-0.05, 0) is 47.5 Å². The molecule has 1 aromatic heterocycles. The second-order valence-electron chi connectivity index (χ2n) is 7.40. The first-order valence-electron chi connectivity index (χ1n) is 10.5. The highest BCUT2D eigenvalue weighted by molar-refractivity contribution is 6.02. The molecule has 34 heavy (non-hydrogen) atoms. The number of urea groups is 1. The van der Waals surface area contributed by atoms with E-state index in [4.69, 9.17) is 15.2 Å². The molecule has 10 heteroatoms. The maximum absolute atomic E-state index is 12.8. The molecule has 2 amide bonds. The van der Waals surface area contributed by atoms with E-state index in [0.29, 0.717) is 61.3 Å². The van der Waals surface area contributed by atoms with E-state index < -0.39 is 5.97 Å². The van der Waals surface area contributed by atoms with Crippen LogP contribution in [-0.2, 0) is 6.42 Å². The van der Waals surface area contributed by atoms with Gasteiger partial charge in [0.25, 0.3) is 0 Å². The van der Waals surface area contributed by atoms with Gasteiger partial charge in [0, 0.05) is 24.8 Å². The molecule has 1 aliphatic rings. The van der Waals surface area contributed by atoms with Crippen molar-refractivity contribution in [3.05, 3.63) is 77.5 Å². The van der Waals surface area contributed by atoms with Gasteiger partial charge in [-0.1, -0.05) is 18.2 Å². The maximum atomic E-state index is 12.8. The van der Waals surface area contributed by atoms with Crippen molar-refractivity contribution in [1.29, 1.82) is 0 Å². The van der Waals surface area contributed by atoms with E-state index in [1.54, 1.807) is 18.3 Å². The quantitative estimate of drug-likeness (QED) is 0.468. The number of hydrogen-bond donors (Lipinski definition) is 3. The van der Waals surface area contributed by atoms with Gasteiger partial charge in [-0.15, -0.1) is 12.4 Å². The number of nitrogens with zero attached hydrogens (tertiary/aromatic N) is 2. The summed E-state index contributed by atoms with van der Waals surface area (Å²) in [5.41, 5.74) is 7.87. The smallest absolute Gasteiger partial charge is 0.335 e. The van der Waals surface area contributed by atoms with Crippen LogP contribution in [0, 0.1) is 0 Å². The lowest BCUT2D eigenvalue weighted by Crippen LogP contribution is -2.41. The maximum Gasteiger partial charge on any atom is 0.335 e. The Labute approximate surface area is 202 Å². The number of fused-ring (bicyclic) bond motifs is 1. The number of nitrogens with two attached hydrogens (primary N) is 1. The highest BCUT2D eigenvalue weighted by atomic mass is 35.5. The third-order valence-electron chi connectivity index (χ3n) is 5.07. The lowest BCUT2D eigenvalue weighted by Gasteiger charge is -2.28. The molecule has 0 spiro atoms. The molecule has 0 fully saturated rings. The minimum Gasteiger partial charge on any atom is -0.492 e. The van der Waals surface area contributed by atoms with Gasteiger partial charge in [-0.2, -0.15) is 0 Å². The number of nitrogens with one attached hydrogen (secondary N) is 1. The number of aromatic nitrogens is 1. The lowest BCUT2D eigenvalue weighted by atomic mass is 10.0. The number of carbonyl (C=O) groups excluding carboxylic acids is 1. The van der Waals surface area contributed by atoms with Gasteiger partial charge in [0.15, 0.2) is 11.6 Å². The predicted molar refractivity (Wildman–Crippen MR) is 131 cm³/mol. The number of benzene rings is 2. The standard InChI is InChI=1S/C24H24N4O5.ClH/c25-8-10-32-20-7-6-17(23(29)30)14-18(20)12-16-13-21-22(26-15-16)28(9-11-33-21)24(31)27-19-4-2-1-3-5-19;/h1-7,13-15H,8-12,25H2,(H,27,31)(H,29,30);1H. The normalized spacial score (nSPS) is 12.1. The minimum atomic E-state index is -1.02. The Morgan fingerprint density at radius 3 is 2.71 bits per heavy atom. The van der Waals surface area contributed by atoms with Crippen molar-refractivity contribution in [3.63, 3.8) is 0 Å². The molecule has 0 radical (unpaired) electrons. The molecule has 2 aromatic carbocycles. The van der Waals surface area contributed by atoms with E-state index in [1.165, 1.54) is 11.0 Å². The van der Waals surface area contributed by atoms with Crippen molar-refractivity contribution in [3.8, 4) is 11.5 Å². The molecule has 4 rings (SSSR count). The molecular formula is C24H25ClN4O5. The summed E-state index contributed by atoms with van der Waals surface area (Å²) in [6.07, 6.45) is 2.03. The molecule has 0 unspecified atom stereocenters. The Morgan fingerprint density at radius 2 is 1.97 bits per heavy atom. The fraction of sp³-hybridized carbons (Fsp3) is 0.208. The Morgan fingerprint density at radius 1 is 1.18 bits per heavy atom. The molecule has 0 atom stereocenters. The SMILES string of the molecule is Cl.NCCOc1ccc(C(=O)O)cc1Cc1cnc2c(c1)OCCN2C(=O)Nc1ccccc1. The highest BCUT2D eigenvalue weighted by Gasteiger charge is 2.26. The summed E-state index contributed by atoms with van der Waals surface area (Å²) >= 11 is 0. The summed E-state index contributed by atoms with van der Waals surface area (Å²) in [6.45, 7) is 1.36. The van der Waals surface area contributed by atoms with Crippen LogP contribution in [0.3, 0.4) is 0 Å². The average molecular weight is 485 g/mol. The Balaban J connectivity index is 0.00000324. The first kappa shape index (κ1) is 24.8. The van der Waals surface area contributed by atoms with Crippen LogP contribution in [0.1, 0.15) is 21.5 Å². The number of pyridine rings is 1. The number of amides is 2. The number of ether oxygens (including phenoxy) is 2. The van der Waals surface area contributed by atoms with Gasteiger partial charge < -0.3 is 25.6 Å². The number of carbonyl (C=O) groups is 2. The molecule has 4 N–H and O–H groups in total. The van der Waals surface area contributed by atoms with Gasteiger partial charge >= 0.3 is 12.0 Å². The lowest BCUT2D eigenvalue weighted by molar-refractivity contribution is 0.0696. The number of hydrogen-bond acceptors (Lipinski definition) is 6. The van der Waals surface area contributed by atoms with Crippen LogP contribution in [-0.4, -0.2) is 48.4 Å². The van der Waals surface area contributed by atoms with E-state index >= 15 is 0 Å². The monoisotopic (exact) mass is 484 g/mol. The van der Waals surface area contributed by atoms with Crippen molar-refractivity contribution in [2.75, 3.05) is 36.5 Å². The molecule has 1 aliphatic heterocycles. The summed E-state index contributed by atoms with van der Waals surface area (Å²) in [5.74, 6) is 0.458. The highest BCUT2D eigenvalue weighted by Crippen LogP contribution is 2.32. The third kappa shape index (κ3) is 5.75. The van der Waals surface area contributed by atoms with Crippen molar-refractivity contribution in [1.82, 2.24) is 4.98 Å². The summed E-state index contributed by atoms with van der Waals surface area (Å²) in [5, 5.41) is 12.2. The second-order valence-corrected chi connectivity index (χ2v) is 7.40. The van der Waals surface area contributed by atoms with Crippen LogP contribution in [0.25, 0.3) is 0 Å². The van der Waals surface area contributed by atoms with Gasteiger partial charge in [-0.25, -0.2) is 14.6 Å². The molecular weight excluding hydrogens is 460 g/mol. The van der Waals surface area contributed by atoms with E-state index in [2.05, 4.69) is 10.3 Å². The number of para-hydroxylation sites is 1. The number of aromatic carboxylic acids is 1. The number of carboxylic acids is 1. The Hall–Kier alpha value is -3.82. The van der Waals surface area contributed by atoms with Crippen LogP contribution in [0.4, 0.5) is 16.3 Å². The summed E-state index contributed by atoms with van der Waals surface area (Å²) in [4.78, 5) is 30.2. The number of anilines is 2. The number of rotatable bonds is 7. The minimum absolute atomic E-state index is 0. The fourth-order valence-corrected chi connectivity index (χ4v) is 3.53. The van der Waals surface area contributed by atoms with E-state index in [9.17, 15) is 14.7 Å². The largest absolute Gasteiger partial charge is 0.492 e. The molecule has 0 aliphatic carbocycles. The van der Waals surface area contributed by atoms with Crippen LogP contribution in [0.2, 0.25) is 0 Å².